The summed E-state index contributed by atoms with van der Waals surface area (Å²) in [5.74, 6) is -0.0320. The van der Waals surface area contributed by atoms with Gasteiger partial charge in [0, 0.05) is 18.1 Å². The second-order valence-corrected chi connectivity index (χ2v) is 4.34. The number of pyridine rings is 1. The average molecular weight is 242 g/mol. The van der Waals surface area contributed by atoms with E-state index >= 15 is 0 Å². The van der Waals surface area contributed by atoms with Crippen LogP contribution in [-0.4, -0.2) is 17.4 Å². The number of rotatable bonds is 5. The van der Waals surface area contributed by atoms with E-state index in [0.717, 1.165) is 36.7 Å². The molecule has 0 spiro atoms. The minimum absolute atomic E-state index is 0.0320. The second-order valence-electron chi connectivity index (χ2n) is 4.34. The van der Waals surface area contributed by atoms with Gasteiger partial charge in [-0.2, -0.15) is 0 Å². The van der Waals surface area contributed by atoms with Gasteiger partial charge in [0.1, 0.15) is 0 Å². The first-order valence-electron chi connectivity index (χ1n) is 6.45. The molecule has 94 valence electrons. The zero-order valence-corrected chi connectivity index (χ0v) is 10.6. The lowest BCUT2D eigenvalue weighted by molar-refractivity contribution is 0.0954. The Labute approximate surface area is 107 Å². The lowest BCUT2D eigenvalue weighted by atomic mass is 10.1. The van der Waals surface area contributed by atoms with Crippen molar-refractivity contribution in [2.45, 2.75) is 26.2 Å². The molecule has 18 heavy (non-hydrogen) atoms. The molecule has 0 atom stereocenters. The first-order valence-corrected chi connectivity index (χ1v) is 6.45. The number of unbranched alkanes of at least 4 members (excludes halogenated alkanes) is 2. The molecular weight excluding hydrogens is 224 g/mol. The molecule has 1 aromatic carbocycles. The van der Waals surface area contributed by atoms with Gasteiger partial charge in [-0.05, 0) is 18.6 Å². The Morgan fingerprint density at radius 2 is 2.06 bits per heavy atom. The third kappa shape index (κ3) is 2.86. The molecule has 3 heteroatoms. The molecule has 0 aliphatic carbocycles. The van der Waals surface area contributed by atoms with Gasteiger partial charge in [0.05, 0.1) is 11.1 Å². The number of fused-ring (bicyclic) bond motifs is 1. The fourth-order valence-corrected chi connectivity index (χ4v) is 1.96. The number of nitrogens with one attached hydrogen (secondary N) is 1. The van der Waals surface area contributed by atoms with Gasteiger partial charge in [-0.15, -0.1) is 0 Å². The van der Waals surface area contributed by atoms with E-state index in [1.807, 2.05) is 30.3 Å². The van der Waals surface area contributed by atoms with Crippen LogP contribution >= 0.6 is 0 Å². The highest BCUT2D eigenvalue weighted by molar-refractivity contribution is 6.05. The van der Waals surface area contributed by atoms with Gasteiger partial charge in [0.15, 0.2) is 0 Å². The molecule has 1 N–H and O–H groups in total. The van der Waals surface area contributed by atoms with Crippen LogP contribution in [0, 0.1) is 0 Å². The zero-order valence-electron chi connectivity index (χ0n) is 10.6. The molecule has 1 heterocycles. The molecule has 3 nitrogen and oxygen atoms in total. The number of carbonyl (C=O) groups is 1. The summed E-state index contributed by atoms with van der Waals surface area (Å²) in [5, 5.41) is 3.95. The summed E-state index contributed by atoms with van der Waals surface area (Å²) in [6, 6.07) is 9.53. The van der Waals surface area contributed by atoms with Crippen molar-refractivity contribution in [1.29, 1.82) is 0 Å². The van der Waals surface area contributed by atoms with Crippen molar-refractivity contribution in [1.82, 2.24) is 10.3 Å². The molecule has 0 unspecified atom stereocenters. The predicted molar refractivity (Wildman–Crippen MR) is 73.6 cm³/mol. The molecule has 1 aromatic heterocycles. The molecular formula is C15H18N2O. The van der Waals surface area contributed by atoms with Crippen molar-refractivity contribution in [2.24, 2.45) is 0 Å². The van der Waals surface area contributed by atoms with Crippen LogP contribution in [0.4, 0.5) is 0 Å². The van der Waals surface area contributed by atoms with Crippen LogP contribution in [0.3, 0.4) is 0 Å². The maximum Gasteiger partial charge on any atom is 0.253 e. The van der Waals surface area contributed by atoms with Gasteiger partial charge >= 0.3 is 0 Å². The fourth-order valence-electron chi connectivity index (χ4n) is 1.96. The van der Waals surface area contributed by atoms with Crippen LogP contribution in [0.25, 0.3) is 10.9 Å². The molecule has 0 saturated heterocycles. The largest absolute Gasteiger partial charge is 0.352 e. The SMILES string of the molecule is CCCCCNC(=O)c1cccc2cccnc12. The van der Waals surface area contributed by atoms with Crippen LogP contribution in [-0.2, 0) is 0 Å². The summed E-state index contributed by atoms with van der Waals surface area (Å²) >= 11 is 0. The Bertz CT molecular complexity index is 532. The number of aromatic nitrogens is 1. The number of nitrogens with zero attached hydrogens (tertiary/aromatic N) is 1. The van der Waals surface area contributed by atoms with Gasteiger partial charge in [0.2, 0.25) is 0 Å². The van der Waals surface area contributed by atoms with Crippen molar-refractivity contribution >= 4 is 16.8 Å². The molecule has 0 radical (unpaired) electrons. The average Bonchev–Trinajstić information content (AvgIpc) is 2.43. The quantitative estimate of drug-likeness (QED) is 0.818. The number of amides is 1. The number of benzene rings is 1. The van der Waals surface area contributed by atoms with Crippen molar-refractivity contribution in [2.75, 3.05) is 6.54 Å². The normalized spacial score (nSPS) is 10.5. The molecule has 2 rings (SSSR count). The molecule has 0 bridgehead atoms. The number of carbonyl (C=O) groups excluding carboxylic acids is 1. The van der Waals surface area contributed by atoms with Gasteiger partial charge < -0.3 is 5.32 Å². The van der Waals surface area contributed by atoms with Gasteiger partial charge in [0.25, 0.3) is 5.91 Å². The second kappa shape index (κ2) is 6.15. The third-order valence-corrected chi connectivity index (χ3v) is 2.94. The Balaban J connectivity index is 2.13. The van der Waals surface area contributed by atoms with E-state index in [-0.39, 0.29) is 5.91 Å². The van der Waals surface area contributed by atoms with E-state index in [1.54, 1.807) is 6.20 Å². The van der Waals surface area contributed by atoms with Crippen molar-refractivity contribution in [3.05, 3.63) is 42.1 Å². The number of hydrogen-bond donors (Lipinski definition) is 1. The molecule has 2 aromatic rings. The fraction of sp³-hybridized carbons (Fsp3) is 0.333. The summed E-state index contributed by atoms with van der Waals surface area (Å²) in [7, 11) is 0. The monoisotopic (exact) mass is 242 g/mol. The summed E-state index contributed by atoms with van der Waals surface area (Å²) in [4.78, 5) is 16.4. The predicted octanol–water partition coefficient (Wildman–Crippen LogP) is 3.15. The lowest BCUT2D eigenvalue weighted by Gasteiger charge is -2.07. The van der Waals surface area contributed by atoms with Crippen LogP contribution < -0.4 is 5.32 Å². The molecule has 0 saturated carbocycles. The Kier molecular flexibility index (Phi) is 4.29. The van der Waals surface area contributed by atoms with Crippen LogP contribution in [0.2, 0.25) is 0 Å². The minimum Gasteiger partial charge on any atom is -0.352 e. The van der Waals surface area contributed by atoms with E-state index in [2.05, 4.69) is 17.2 Å². The summed E-state index contributed by atoms with van der Waals surface area (Å²) in [6.45, 7) is 2.88. The Morgan fingerprint density at radius 3 is 2.89 bits per heavy atom. The number of hydrogen-bond acceptors (Lipinski definition) is 2. The van der Waals surface area contributed by atoms with E-state index in [9.17, 15) is 4.79 Å². The first kappa shape index (κ1) is 12.6. The van der Waals surface area contributed by atoms with Gasteiger partial charge in [-0.25, -0.2) is 0 Å². The van der Waals surface area contributed by atoms with Crippen molar-refractivity contribution < 1.29 is 4.79 Å². The Hall–Kier alpha value is -1.90. The zero-order chi connectivity index (χ0) is 12.8. The molecule has 1 amide bonds. The Morgan fingerprint density at radius 1 is 1.22 bits per heavy atom. The van der Waals surface area contributed by atoms with Crippen LogP contribution in [0.1, 0.15) is 36.5 Å². The first-order chi connectivity index (χ1) is 8.83. The van der Waals surface area contributed by atoms with E-state index in [0.29, 0.717) is 5.56 Å². The maximum atomic E-state index is 12.1. The molecule has 0 fully saturated rings. The van der Waals surface area contributed by atoms with E-state index in [4.69, 9.17) is 0 Å². The van der Waals surface area contributed by atoms with E-state index < -0.39 is 0 Å². The van der Waals surface area contributed by atoms with E-state index in [1.165, 1.54) is 0 Å². The highest BCUT2D eigenvalue weighted by Gasteiger charge is 2.09. The topological polar surface area (TPSA) is 42.0 Å². The standard InChI is InChI=1S/C15H18N2O/c1-2-3-4-10-17-15(18)13-9-5-7-12-8-6-11-16-14(12)13/h5-9,11H,2-4,10H2,1H3,(H,17,18). The van der Waals surface area contributed by atoms with Crippen LogP contribution in [0.5, 0.6) is 0 Å². The van der Waals surface area contributed by atoms with Crippen molar-refractivity contribution in [3.8, 4) is 0 Å². The summed E-state index contributed by atoms with van der Waals surface area (Å²) in [6.07, 6.45) is 5.05. The molecule has 0 aliphatic heterocycles. The summed E-state index contributed by atoms with van der Waals surface area (Å²) in [5.41, 5.74) is 1.43. The smallest absolute Gasteiger partial charge is 0.253 e. The highest BCUT2D eigenvalue weighted by atomic mass is 16.1. The van der Waals surface area contributed by atoms with Crippen molar-refractivity contribution in [3.63, 3.8) is 0 Å². The summed E-state index contributed by atoms with van der Waals surface area (Å²) < 4.78 is 0. The number of para-hydroxylation sites is 1. The maximum absolute atomic E-state index is 12.1. The lowest BCUT2D eigenvalue weighted by Crippen LogP contribution is -2.24. The van der Waals surface area contributed by atoms with Gasteiger partial charge in [-0.1, -0.05) is 38.0 Å². The molecule has 0 aliphatic rings. The van der Waals surface area contributed by atoms with Crippen LogP contribution in [0.15, 0.2) is 36.5 Å². The third-order valence-electron chi connectivity index (χ3n) is 2.94. The highest BCUT2D eigenvalue weighted by Crippen LogP contribution is 2.15. The van der Waals surface area contributed by atoms with Gasteiger partial charge in [-0.3, -0.25) is 9.78 Å². The minimum atomic E-state index is -0.0320.